The number of hydrogen-bond donors (Lipinski definition) is 0. The molecule has 29 heavy (non-hydrogen) atoms. The molecule has 5 fully saturated rings. The van der Waals surface area contributed by atoms with Crippen LogP contribution in [0.25, 0.3) is 0 Å². The quantitative estimate of drug-likeness (QED) is 0.674. The lowest BCUT2D eigenvalue weighted by Crippen LogP contribution is -2.46. The molecule has 166 valence electrons. The molecule has 0 amide bonds. The van der Waals surface area contributed by atoms with Gasteiger partial charge in [0.15, 0.2) is 17.9 Å². The second kappa shape index (κ2) is 8.36. The monoisotopic (exact) mass is 410 g/mol. The number of ether oxygens (including phenoxy) is 6. The summed E-state index contributed by atoms with van der Waals surface area (Å²) in [5.74, 6) is -0.261. The van der Waals surface area contributed by atoms with Gasteiger partial charge in [0.05, 0.1) is 6.61 Å². The Morgan fingerprint density at radius 2 is 1.52 bits per heavy atom. The predicted octanol–water partition coefficient (Wildman–Crippen LogP) is 4.29. The highest BCUT2D eigenvalue weighted by molar-refractivity contribution is 5.01. The van der Waals surface area contributed by atoms with Crippen molar-refractivity contribution in [2.75, 3.05) is 13.2 Å². The van der Waals surface area contributed by atoms with Gasteiger partial charge in [0.25, 0.3) is 0 Å². The SMILES string of the molecule is CC(C)CCO[C@@H]1[C@H]2OC3(CCCCC3)O[C@H]2O[C@@H]1[C@@H]1COC2(CCCCC2)O1. The van der Waals surface area contributed by atoms with Crippen molar-refractivity contribution in [1.82, 2.24) is 0 Å². The van der Waals surface area contributed by atoms with E-state index in [2.05, 4.69) is 13.8 Å². The Morgan fingerprint density at radius 1 is 0.828 bits per heavy atom. The Bertz CT molecular complexity index is 554. The molecule has 6 heteroatoms. The molecule has 0 radical (unpaired) electrons. The van der Waals surface area contributed by atoms with Gasteiger partial charge in [0.1, 0.15) is 24.4 Å². The van der Waals surface area contributed by atoms with Crippen LogP contribution in [0.4, 0.5) is 0 Å². The average molecular weight is 411 g/mol. The van der Waals surface area contributed by atoms with Crippen molar-refractivity contribution in [3.63, 3.8) is 0 Å². The molecule has 2 aliphatic carbocycles. The summed E-state index contributed by atoms with van der Waals surface area (Å²) >= 11 is 0. The zero-order valence-corrected chi connectivity index (χ0v) is 18.1. The smallest absolute Gasteiger partial charge is 0.190 e. The van der Waals surface area contributed by atoms with Crippen molar-refractivity contribution in [3.8, 4) is 0 Å². The van der Waals surface area contributed by atoms with E-state index in [0.717, 1.165) is 44.9 Å². The largest absolute Gasteiger partial charge is 0.372 e. The molecule has 2 saturated carbocycles. The van der Waals surface area contributed by atoms with Crippen LogP contribution in [0.1, 0.15) is 84.5 Å². The first-order chi connectivity index (χ1) is 14.1. The van der Waals surface area contributed by atoms with Crippen LogP contribution in [0.2, 0.25) is 0 Å². The fraction of sp³-hybridized carbons (Fsp3) is 1.00. The zero-order valence-electron chi connectivity index (χ0n) is 18.1. The molecule has 5 atom stereocenters. The van der Waals surface area contributed by atoms with E-state index in [4.69, 9.17) is 28.4 Å². The molecule has 2 spiro atoms. The molecule has 3 heterocycles. The highest BCUT2D eigenvalue weighted by atomic mass is 16.9. The highest BCUT2D eigenvalue weighted by Gasteiger charge is 2.61. The van der Waals surface area contributed by atoms with E-state index in [1.165, 1.54) is 25.7 Å². The van der Waals surface area contributed by atoms with Crippen LogP contribution in [-0.4, -0.2) is 55.5 Å². The Kier molecular flexibility index (Phi) is 5.95. The lowest BCUT2D eigenvalue weighted by molar-refractivity contribution is -0.262. The summed E-state index contributed by atoms with van der Waals surface area (Å²) in [6.07, 6.45) is 11.1. The molecule has 0 N–H and O–H groups in total. The predicted molar refractivity (Wildman–Crippen MR) is 106 cm³/mol. The van der Waals surface area contributed by atoms with Crippen molar-refractivity contribution >= 4 is 0 Å². The summed E-state index contributed by atoms with van der Waals surface area (Å²) in [5, 5.41) is 0. The minimum Gasteiger partial charge on any atom is -0.372 e. The van der Waals surface area contributed by atoms with Gasteiger partial charge in [-0.25, -0.2) is 0 Å². The maximum Gasteiger partial charge on any atom is 0.190 e. The van der Waals surface area contributed by atoms with Crippen molar-refractivity contribution in [2.45, 2.75) is 127 Å². The number of fused-ring (bicyclic) bond motifs is 1. The van der Waals surface area contributed by atoms with Crippen LogP contribution >= 0.6 is 0 Å². The van der Waals surface area contributed by atoms with Crippen LogP contribution in [0.15, 0.2) is 0 Å². The second-order valence-electron chi connectivity index (χ2n) is 10.1. The Labute approximate surface area is 174 Å². The summed E-state index contributed by atoms with van der Waals surface area (Å²) in [6.45, 7) is 5.73. The third-order valence-corrected chi connectivity index (χ3v) is 7.37. The van der Waals surface area contributed by atoms with Gasteiger partial charge < -0.3 is 28.4 Å². The first-order valence-corrected chi connectivity index (χ1v) is 12.0. The van der Waals surface area contributed by atoms with Gasteiger partial charge in [0.2, 0.25) is 0 Å². The minimum atomic E-state index is -0.462. The lowest BCUT2D eigenvalue weighted by atomic mass is 9.94. The van der Waals surface area contributed by atoms with E-state index >= 15 is 0 Å². The van der Waals surface area contributed by atoms with E-state index in [1.54, 1.807) is 0 Å². The van der Waals surface area contributed by atoms with Crippen LogP contribution in [-0.2, 0) is 28.4 Å². The average Bonchev–Trinajstić information content (AvgIpc) is 3.35. The fourth-order valence-corrected chi connectivity index (χ4v) is 5.70. The van der Waals surface area contributed by atoms with Crippen LogP contribution in [0, 0.1) is 5.92 Å². The van der Waals surface area contributed by atoms with Gasteiger partial charge in [-0.05, 0) is 38.0 Å². The third kappa shape index (κ3) is 4.13. The lowest BCUT2D eigenvalue weighted by Gasteiger charge is -2.35. The van der Waals surface area contributed by atoms with Crippen molar-refractivity contribution in [3.05, 3.63) is 0 Å². The molecule has 0 aromatic carbocycles. The third-order valence-electron chi connectivity index (χ3n) is 7.37. The van der Waals surface area contributed by atoms with Crippen LogP contribution in [0.5, 0.6) is 0 Å². The van der Waals surface area contributed by atoms with Gasteiger partial charge in [-0.3, -0.25) is 0 Å². The summed E-state index contributed by atoms with van der Waals surface area (Å²) in [6, 6.07) is 0. The Morgan fingerprint density at radius 3 is 2.21 bits per heavy atom. The highest BCUT2D eigenvalue weighted by Crippen LogP contribution is 2.48. The van der Waals surface area contributed by atoms with Gasteiger partial charge in [-0.2, -0.15) is 0 Å². The molecule has 3 aliphatic heterocycles. The number of rotatable bonds is 5. The van der Waals surface area contributed by atoms with Gasteiger partial charge in [-0.15, -0.1) is 0 Å². The van der Waals surface area contributed by atoms with Gasteiger partial charge in [-0.1, -0.05) is 26.7 Å². The first-order valence-electron chi connectivity index (χ1n) is 12.0. The standard InChI is InChI=1S/C23H38O6/c1-16(2)9-14-24-19-18(17-15-25-22(27-17)10-5-3-6-11-22)26-21-20(19)28-23(29-21)12-7-4-8-13-23/h16-21H,3-15H2,1-2H3/t17-,18+,19-,20+,21+/m0/s1. The topological polar surface area (TPSA) is 55.4 Å². The summed E-state index contributed by atoms with van der Waals surface area (Å²) in [5.41, 5.74) is 0. The fourth-order valence-electron chi connectivity index (χ4n) is 5.70. The van der Waals surface area contributed by atoms with E-state index < -0.39 is 11.6 Å². The molecular weight excluding hydrogens is 372 g/mol. The second-order valence-corrected chi connectivity index (χ2v) is 10.1. The zero-order chi connectivity index (χ0) is 19.9. The van der Waals surface area contributed by atoms with Crippen LogP contribution < -0.4 is 0 Å². The summed E-state index contributed by atoms with van der Waals surface area (Å²) < 4.78 is 38.4. The van der Waals surface area contributed by atoms with Crippen molar-refractivity contribution in [1.29, 1.82) is 0 Å². The van der Waals surface area contributed by atoms with Crippen molar-refractivity contribution < 1.29 is 28.4 Å². The van der Waals surface area contributed by atoms with E-state index in [9.17, 15) is 0 Å². The normalized spacial score (nSPS) is 40.9. The van der Waals surface area contributed by atoms with Gasteiger partial charge >= 0.3 is 0 Å². The summed E-state index contributed by atoms with van der Waals surface area (Å²) in [7, 11) is 0. The van der Waals surface area contributed by atoms with Crippen molar-refractivity contribution in [2.24, 2.45) is 5.92 Å². The maximum absolute atomic E-state index is 6.54. The number of hydrogen-bond acceptors (Lipinski definition) is 6. The summed E-state index contributed by atoms with van der Waals surface area (Å²) in [4.78, 5) is 0. The Hall–Kier alpha value is -0.240. The molecule has 0 unspecified atom stereocenters. The molecule has 5 aliphatic rings. The van der Waals surface area contributed by atoms with E-state index in [0.29, 0.717) is 19.1 Å². The molecular formula is C23H38O6. The molecule has 5 rings (SSSR count). The molecule has 0 aromatic heterocycles. The minimum absolute atomic E-state index is 0.114. The van der Waals surface area contributed by atoms with E-state index in [-0.39, 0.29) is 30.7 Å². The maximum atomic E-state index is 6.54. The molecule has 0 bridgehead atoms. The molecule has 3 saturated heterocycles. The Balaban J connectivity index is 1.28. The van der Waals surface area contributed by atoms with E-state index in [1.807, 2.05) is 0 Å². The molecule has 0 aromatic rings. The molecule has 6 nitrogen and oxygen atoms in total. The van der Waals surface area contributed by atoms with Crippen LogP contribution in [0.3, 0.4) is 0 Å². The first kappa shape index (κ1) is 20.7. The van der Waals surface area contributed by atoms with Gasteiger partial charge in [0, 0.05) is 32.3 Å².